The molecule has 26 heavy (non-hydrogen) atoms. The van der Waals surface area contributed by atoms with Crippen LogP contribution >= 0.6 is 0 Å². The summed E-state index contributed by atoms with van der Waals surface area (Å²) in [4.78, 5) is 12.0. The van der Waals surface area contributed by atoms with E-state index < -0.39 is 33.6 Å². The van der Waals surface area contributed by atoms with Crippen molar-refractivity contribution < 1.29 is 26.7 Å². The molecular weight excluding hydrogens is 366 g/mol. The molecule has 1 unspecified atom stereocenters. The lowest BCUT2D eigenvalue weighted by Crippen LogP contribution is -2.35. The average molecular weight is 384 g/mol. The van der Waals surface area contributed by atoms with Crippen LogP contribution in [0, 0.1) is 11.6 Å². The molecule has 0 aliphatic heterocycles. The zero-order chi connectivity index (χ0) is 19.3. The number of methoxy groups -OCH3 is 1. The summed E-state index contributed by atoms with van der Waals surface area (Å²) in [6, 6.07) is 7.43. The van der Waals surface area contributed by atoms with Crippen molar-refractivity contribution in [3.05, 3.63) is 59.7 Å². The third-order valence-electron chi connectivity index (χ3n) is 3.32. The molecular formula is C17H18F2N2O4S. The summed E-state index contributed by atoms with van der Waals surface area (Å²) in [5.74, 6) is -2.45. The Labute approximate surface area is 150 Å². The van der Waals surface area contributed by atoms with E-state index in [9.17, 15) is 22.0 Å². The van der Waals surface area contributed by atoms with Gasteiger partial charge in [-0.15, -0.1) is 0 Å². The second-order valence-electron chi connectivity index (χ2n) is 5.61. The SMILES string of the molecule is COCC(C)NS(=O)(=O)c1ccc(NC(=O)c2cc(F)cc(F)c2)cc1. The predicted molar refractivity (Wildman–Crippen MR) is 92.4 cm³/mol. The number of carbonyl (C=O) groups is 1. The van der Waals surface area contributed by atoms with Crippen LogP contribution in [0.1, 0.15) is 17.3 Å². The third kappa shape index (κ3) is 5.32. The van der Waals surface area contributed by atoms with E-state index >= 15 is 0 Å². The van der Waals surface area contributed by atoms with Gasteiger partial charge in [-0.2, -0.15) is 0 Å². The van der Waals surface area contributed by atoms with Gasteiger partial charge in [0.05, 0.1) is 11.5 Å². The summed E-state index contributed by atoms with van der Waals surface area (Å²) < 4.78 is 58.1. The summed E-state index contributed by atoms with van der Waals surface area (Å²) in [6.45, 7) is 1.88. The van der Waals surface area contributed by atoms with Gasteiger partial charge in [0.1, 0.15) is 11.6 Å². The number of halogens is 2. The fourth-order valence-corrected chi connectivity index (χ4v) is 3.45. The van der Waals surface area contributed by atoms with Gasteiger partial charge in [-0.25, -0.2) is 21.9 Å². The zero-order valence-corrected chi connectivity index (χ0v) is 14.9. The molecule has 0 heterocycles. The number of sulfonamides is 1. The summed E-state index contributed by atoms with van der Waals surface area (Å²) in [7, 11) is -2.27. The Morgan fingerprint density at radius 1 is 1.12 bits per heavy atom. The van der Waals surface area contributed by atoms with Gasteiger partial charge in [0.25, 0.3) is 5.91 Å². The van der Waals surface area contributed by atoms with Crippen LogP contribution in [0.3, 0.4) is 0 Å². The molecule has 0 saturated heterocycles. The van der Waals surface area contributed by atoms with E-state index in [-0.39, 0.29) is 22.8 Å². The van der Waals surface area contributed by atoms with Crippen molar-refractivity contribution in [1.82, 2.24) is 4.72 Å². The Hall–Kier alpha value is -2.36. The molecule has 6 nitrogen and oxygen atoms in total. The molecule has 2 N–H and O–H groups in total. The van der Waals surface area contributed by atoms with Crippen molar-refractivity contribution in [3.8, 4) is 0 Å². The Kier molecular flexibility index (Phi) is 6.41. The van der Waals surface area contributed by atoms with Crippen molar-refractivity contribution in [2.75, 3.05) is 19.0 Å². The Morgan fingerprint density at radius 2 is 1.69 bits per heavy atom. The highest BCUT2D eigenvalue weighted by atomic mass is 32.2. The van der Waals surface area contributed by atoms with Crippen LogP contribution in [-0.2, 0) is 14.8 Å². The van der Waals surface area contributed by atoms with Crippen LogP contribution in [-0.4, -0.2) is 34.1 Å². The van der Waals surface area contributed by atoms with Crippen LogP contribution in [0.2, 0.25) is 0 Å². The van der Waals surface area contributed by atoms with Gasteiger partial charge < -0.3 is 10.1 Å². The molecule has 0 spiro atoms. The first kappa shape index (κ1) is 20.0. The number of amides is 1. The minimum absolute atomic E-state index is 0.00949. The fraction of sp³-hybridized carbons (Fsp3) is 0.235. The van der Waals surface area contributed by atoms with Gasteiger partial charge >= 0.3 is 0 Å². The maximum atomic E-state index is 13.2. The number of ether oxygens (including phenoxy) is 1. The van der Waals surface area contributed by atoms with E-state index in [2.05, 4.69) is 10.0 Å². The Balaban J connectivity index is 2.10. The maximum absolute atomic E-state index is 13.2. The van der Waals surface area contributed by atoms with Gasteiger partial charge in [0.2, 0.25) is 10.0 Å². The Morgan fingerprint density at radius 3 is 2.23 bits per heavy atom. The van der Waals surface area contributed by atoms with Gasteiger partial charge in [-0.1, -0.05) is 0 Å². The normalized spacial score (nSPS) is 12.6. The molecule has 2 rings (SSSR count). The molecule has 2 aromatic rings. The number of benzene rings is 2. The van der Waals surface area contributed by atoms with Gasteiger partial charge in [-0.3, -0.25) is 4.79 Å². The smallest absolute Gasteiger partial charge is 0.255 e. The van der Waals surface area contributed by atoms with Crippen molar-refractivity contribution in [2.24, 2.45) is 0 Å². The van der Waals surface area contributed by atoms with Crippen LogP contribution in [0.15, 0.2) is 47.4 Å². The van der Waals surface area contributed by atoms with Gasteiger partial charge in [-0.05, 0) is 43.3 Å². The monoisotopic (exact) mass is 384 g/mol. The maximum Gasteiger partial charge on any atom is 0.255 e. The lowest BCUT2D eigenvalue weighted by atomic mass is 10.2. The van der Waals surface area contributed by atoms with E-state index in [1.807, 2.05) is 0 Å². The van der Waals surface area contributed by atoms with Crippen LogP contribution in [0.4, 0.5) is 14.5 Å². The standard InChI is InChI=1S/C17H18F2N2O4S/c1-11(10-25-2)21-26(23,24)16-5-3-15(4-6-16)20-17(22)12-7-13(18)9-14(19)8-12/h3-9,11,21H,10H2,1-2H3,(H,20,22). The summed E-state index contributed by atoms with van der Waals surface area (Å²) in [6.07, 6.45) is 0. The molecule has 0 fully saturated rings. The summed E-state index contributed by atoms with van der Waals surface area (Å²) in [5, 5.41) is 2.44. The van der Waals surface area contributed by atoms with E-state index in [4.69, 9.17) is 4.74 Å². The molecule has 0 bridgehead atoms. The van der Waals surface area contributed by atoms with Gasteiger partial charge in [0, 0.05) is 30.5 Å². The first-order valence-corrected chi connectivity index (χ1v) is 9.08. The van der Waals surface area contributed by atoms with Crippen LogP contribution in [0.25, 0.3) is 0 Å². The molecule has 2 aromatic carbocycles. The first-order chi connectivity index (χ1) is 12.2. The minimum atomic E-state index is -3.73. The second-order valence-corrected chi connectivity index (χ2v) is 7.33. The quantitative estimate of drug-likeness (QED) is 0.768. The third-order valence-corrected chi connectivity index (χ3v) is 4.93. The lowest BCUT2D eigenvalue weighted by molar-refractivity contribution is 0.102. The molecule has 9 heteroatoms. The topological polar surface area (TPSA) is 84.5 Å². The highest BCUT2D eigenvalue weighted by Crippen LogP contribution is 2.16. The number of anilines is 1. The predicted octanol–water partition coefficient (Wildman–Crippen LogP) is 2.53. The van der Waals surface area contributed by atoms with Crippen molar-refractivity contribution in [3.63, 3.8) is 0 Å². The minimum Gasteiger partial charge on any atom is -0.383 e. The molecule has 0 aromatic heterocycles. The van der Waals surface area contributed by atoms with Crippen LogP contribution in [0.5, 0.6) is 0 Å². The lowest BCUT2D eigenvalue weighted by Gasteiger charge is -2.13. The summed E-state index contributed by atoms with van der Waals surface area (Å²) >= 11 is 0. The largest absolute Gasteiger partial charge is 0.383 e. The zero-order valence-electron chi connectivity index (χ0n) is 14.1. The van der Waals surface area contributed by atoms with Crippen molar-refractivity contribution in [2.45, 2.75) is 17.9 Å². The highest BCUT2D eigenvalue weighted by molar-refractivity contribution is 7.89. The molecule has 0 saturated carbocycles. The Bertz CT molecular complexity index is 866. The van der Waals surface area contributed by atoms with Crippen LogP contribution < -0.4 is 10.0 Å². The second kappa shape index (κ2) is 8.35. The van der Waals surface area contributed by atoms with Crippen molar-refractivity contribution >= 4 is 21.6 Å². The molecule has 0 aliphatic carbocycles. The number of nitrogens with one attached hydrogen (secondary N) is 2. The van der Waals surface area contributed by atoms with E-state index in [0.29, 0.717) is 6.07 Å². The number of carbonyl (C=O) groups excluding carboxylic acids is 1. The average Bonchev–Trinajstić information content (AvgIpc) is 2.54. The number of rotatable bonds is 7. The highest BCUT2D eigenvalue weighted by Gasteiger charge is 2.17. The molecule has 0 radical (unpaired) electrons. The van der Waals surface area contributed by atoms with E-state index in [1.54, 1.807) is 6.92 Å². The fourth-order valence-electron chi connectivity index (χ4n) is 2.22. The van der Waals surface area contributed by atoms with E-state index in [0.717, 1.165) is 12.1 Å². The first-order valence-electron chi connectivity index (χ1n) is 7.60. The number of hydrogen-bond donors (Lipinski definition) is 2. The van der Waals surface area contributed by atoms with E-state index in [1.165, 1.54) is 31.4 Å². The summed E-state index contributed by atoms with van der Waals surface area (Å²) in [5.41, 5.74) is 0.0952. The molecule has 140 valence electrons. The molecule has 1 atom stereocenters. The van der Waals surface area contributed by atoms with Crippen molar-refractivity contribution in [1.29, 1.82) is 0 Å². The number of hydrogen-bond acceptors (Lipinski definition) is 4. The van der Waals surface area contributed by atoms with Gasteiger partial charge in [0.15, 0.2) is 0 Å². The molecule has 0 aliphatic rings. The molecule has 1 amide bonds.